The zero-order valence-corrected chi connectivity index (χ0v) is 11.9. The van der Waals surface area contributed by atoms with Gasteiger partial charge in [0.1, 0.15) is 0 Å². The van der Waals surface area contributed by atoms with Crippen molar-refractivity contribution < 1.29 is 4.79 Å². The van der Waals surface area contributed by atoms with Crippen molar-refractivity contribution in [3.8, 4) is 0 Å². The second kappa shape index (κ2) is 5.85. The van der Waals surface area contributed by atoms with Gasteiger partial charge in [0.25, 0.3) is 0 Å². The first-order valence-corrected chi connectivity index (χ1v) is 6.63. The van der Waals surface area contributed by atoms with E-state index in [1.807, 2.05) is 0 Å². The molecule has 0 aromatic heterocycles. The summed E-state index contributed by atoms with van der Waals surface area (Å²) in [6.45, 7) is 0. The molecule has 1 atom stereocenters. The normalized spacial score (nSPS) is 19.6. The summed E-state index contributed by atoms with van der Waals surface area (Å²) in [4.78, 5) is 12.9. The van der Waals surface area contributed by atoms with Crippen molar-refractivity contribution in [2.75, 3.05) is 7.05 Å². The maximum absolute atomic E-state index is 11.7. The molecule has 0 radical (unpaired) electrons. The molecule has 0 aromatic carbocycles. The number of rotatable bonds is 2. The molecule has 1 fully saturated rings. The van der Waals surface area contributed by atoms with Gasteiger partial charge in [-0.3, -0.25) is 0 Å². The second-order valence-electron chi connectivity index (χ2n) is 3.92. The van der Waals surface area contributed by atoms with Crippen molar-refractivity contribution in [2.45, 2.75) is 41.0 Å². The van der Waals surface area contributed by atoms with E-state index >= 15 is 0 Å². The van der Waals surface area contributed by atoms with Gasteiger partial charge < -0.3 is 10.2 Å². The SMILES string of the molecule is CN(C(=O)NC1CCCC1)C(Cl)C(Cl)(Cl)Cl. The Balaban J connectivity index is 2.46. The summed E-state index contributed by atoms with van der Waals surface area (Å²) in [6.07, 6.45) is 4.29. The fourth-order valence-electron chi connectivity index (χ4n) is 1.67. The maximum atomic E-state index is 11.7. The molecule has 94 valence electrons. The summed E-state index contributed by atoms with van der Waals surface area (Å²) in [5.41, 5.74) is -0.987. The Morgan fingerprint density at radius 3 is 2.31 bits per heavy atom. The smallest absolute Gasteiger partial charge is 0.318 e. The van der Waals surface area contributed by atoms with E-state index in [4.69, 9.17) is 46.4 Å². The molecule has 0 heterocycles. The fraction of sp³-hybridized carbons (Fsp3) is 0.889. The molecule has 1 saturated carbocycles. The summed E-state index contributed by atoms with van der Waals surface area (Å²) >= 11 is 22.7. The number of hydrogen-bond acceptors (Lipinski definition) is 1. The lowest BCUT2D eigenvalue weighted by molar-refractivity contribution is 0.200. The van der Waals surface area contributed by atoms with Gasteiger partial charge in [-0.05, 0) is 12.8 Å². The number of nitrogens with one attached hydrogen (secondary N) is 1. The Hall–Kier alpha value is 0.430. The summed E-state index contributed by atoms with van der Waals surface area (Å²) in [6, 6.07) is -0.0904. The van der Waals surface area contributed by atoms with E-state index in [9.17, 15) is 4.79 Å². The van der Waals surface area contributed by atoms with E-state index in [-0.39, 0.29) is 12.1 Å². The van der Waals surface area contributed by atoms with Crippen LogP contribution in [0.1, 0.15) is 25.7 Å². The Kier molecular flexibility index (Phi) is 5.30. The number of halogens is 4. The van der Waals surface area contributed by atoms with Crippen LogP contribution in [0, 0.1) is 0 Å². The molecule has 0 aliphatic heterocycles. The third-order valence-electron chi connectivity index (χ3n) is 2.61. The molecule has 1 aliphatic carbocycles. The summed E-state index contributed by atoms with van der Waals surface area (Å²) in [7, 11) is 1.50. The van der Waals surface area contributed by atoms with Crippen LogP contribution in [0.15, 0.2) is 0 Å². The molecule has 16 heavy (non-hydrogen) atoms. The third kappa shape index (κ3) is 4.02. The Bertz CT molecular complexity index is 250. The largest absolute Gasteiger partial charge is 0.335 e. The number of urea groups is 1. The minimum absolute atomic E-state index is 0.217. The molecule has 0 aromatic rings. The van der Waals surface area contributed by atoms with Crippen molar-refractivity contribution in [1.82, 2.24) is 10.2 Å². The quantitative estimate of drug-likeness (QED) is 0.614. The van der Waals surface area contributed by atoms with Crippen LogP contribution in [0.5, 0.6) is 0 Å². The molecule has 0 bridgehead atoms. The van der Waals surface area contributed by atoms with Crippen LogP contribution < -0.4 is 5.32 Å². The van der Waals surface area contributed by atoms with E-state index < -0.39 is 9.29 Å². The molecule has 1 unspecified atom stereocenters. The van der Waals surface area contributed by atoms with Gasteiger partial charge in [-0.15, -0.1) is 0 Å². The lowest BCUT2D eigenvalue weighted by atomic mass is 10.2. The van der Waals surface area contributed by atoms with Gasteiger partial charge in [0.2, 0.25) is 3.79 Å². The Morgan fingerprint density at radius 2 is 1.88 bits per heavy atom. The first-order chi connectivity index (χ1) is 7.32. The molecule has 0 spiro atoms. The van der Waals surface area contributed by atoms with Gasteiger partial charge >= 0.3 is 6.03 Å². The van der Waals surface area contributed by atoms with Crippen molar-refractivity contribution >= 4 is 52.4 Å². The van der Waals surface area contributed by atoms with Gasteiger partial charge in [-0.1, -0.05) is 59.2 Å². The molecule has 7 heteroatoms. The van der Waals surface area contributed by atoms with Crippen LogP contribution >= 0.6 is 46.4 Å². The number of alkyl halides is 4. The zero-order valence-electron chi connectivity index (χ0n) is 8.85. The molecule has 1 aliphatic rings. The van der Waals surface area contributed by atoms with E-state index in [0.29, 0.717) is 0 Å². The highest BCUT2D eigenvalue weighted by Gasteiger charge is 2.36. The van der Waals surface area contributed by atoms with Crippen LogP contribution in [0.3, 0.4) is 0 Å². The number of carbonyl (C=O) groups is 1. The summed E-state index contributed by atoms with van der Waals surface area (Å²) in [5.74, 6) is 0. The highest BCUT2D eigenvalue weighted by Crippen LogP contribution is 2.35. The first-order valence-electron chi connectivity index (χ1n) is 5.06. The fourth-order valence-corrected chi connectivity index (χ4v) is 2.20. The molecule has 0 saturated heterocycles. The molecule has 1 N–H and O–H groups in total. The van der Waals surface area contributed by atoms with Crippen LogP contribution in [0.25, 0.3) is 0 Å². The predicted molar refractivity (Wildman–Crippen MR) is 68.5 cm³/mol. The number of nitrogens with zero attached hydrogens (tertiary/aromatic N) is 1. The molecule has 1 rings (SSSR count). The van der Waals surface area contributed by atoms with Gasteiger partial charge in [-0.2, -0.15) is 0 Å². The second-order valence-corrected chi connectivity index (χ2v) is 6.70. The number of amides is 2. The standard InChI is InChI=1S/C9H14Cl4N2O/c1-15(7(10)9(11,12)13)8(16)14-6-4-2-3-5-6/h6-7H,2-5H2,1H3,(H,14,16). The van der Waals surface area contributed by atoms with Crippen LogP contribution in [0.4, 0.5) is 4.79 Å². The summed E-state index contributed by atoms with van der Waals surface area (Å²) < 4.78 is -1.69. The lowest BCUT2D eigenvalue weighted by Gasteiger charge is -2.29. The highest BCUT2D eigenvalue weighted by atomic mass is 35.6. The minimum Gasteiger partial charge on any atom is -0.335 e. The monoisotopic (exact) mass is 306 g/mol. The topological polar surface area (TPSA) is 32.3 Å². The average molecular weight is 308 g/mol. The Labute approximate surface area is 115 Å². The van der Waals surface area contributed by atoms with Gasteiger partial charge in [0.15, 0.2) is 5.50 Å². The van der Waals surface area contributed by atoms with Crippen LogP contribution in [0.2, 0.25) is 0 Å². The van der Waals surface area contributed by atoms with Gasteiger partial charge in [-0.25, -0.2) is 4.79 Å². The zero-order chi connectivity index (χ0) is 12.3. The maximum Gasteiger partial charge on any atom is 0.318 e. The van der Waals surface area contributed by atoms with Crippen molar-refractivity contribution in [3.63, 3.8) is 0 Å². The van der Waals surface area contributed by atoms with Gasteiger partial charge in [0.05, 0.1) is 0 Å². The van der Waals surface area contributed by atoms with Crippen LogP contribution in [-0.2, 0) is 0 Å². The first kappa shape index (κ1) is 14.5. The summed E-state index contributed by atoms with van der Waals surface area (Å²) in [5, 5.41) is 2.86. The molecule has 3 nitrogen and oxygen atoms in total. The molecule has 2 amide bonds. The molecular formula is C9H14Cl4N2O. The minimum atomic E-state index is -1.69. The number of carbonyl (C=O) groups excluding carboxylic acids is 1. The number of hydrogen-bond donors (Lipinski definition) is 1. The van der Waals surface area contributed by atoms with E-state index in [2.05, 4.69) is 5.32 Å². The van der Waals surface area contributed by atoms with Crippen molar-refractivity contribution in [2.24, 2.45) is 0 Å². The van der Waals surface area contributed by atoms with Crippen molar-refractivity contribution in [3.05, 3.63) is 0 Å². The van der Waals surface area contributed by atoms with Crippen molar-refractivity contribution in [1.29, 1.82) is 0 Å². The van der Waals surface area contributed by atoms with Crippen LogP contribution in [-0.4, -0.2) is 33.3 Å². The van der Waals surface area contributed by atoms with Gasteiger partial charge in [0, 0.05) is 13.1 Å². The third-order valence-corrected chi connectivity index (χ3v) is 4.19. The lowest BCUT2D eigenvalue weighted by Crippen LogP contribution is -2.48. The highest BCUT2D eigenvalue weighted by molar-refractivity contribution is 6.70. The molecular weight excluding hydrogens is 294 g/mol. The Morgan fingerprint density at radius 1 is 1.38 bits per heavy atom. The predicted octanol–water partition coefficient (Wildman–Crippen LogP) is 3.51. The van der Waals surface area contributed by atoms with E-state index in [1.54, 1.807) is 0 Å². The van der Waals surface area contributed by atoms with E-state index in [0.717, 1.165) is 25.7 Å². The van der Waals surface area contributed by atoms with E-state index in [1.165, 1.54) is 11.9 Å². The average Bonchev–Trinajstić information content (AvgIpc) is 2.66.